The second-order valence-electron chi connectivity index (χ2n) is 4.74. The summed E-state index contributed by atoms with van der Waals surface area (Å²) >= 11 is 0. The molecule has 0 spiro atoms. The van der Waals surface area contributed by atoms with E-state index in [1.807, 2.05) is 45.0 Å². The molecule has 2 rings (SSSR count). The molecule has 0 bridgehead atoms. The summed E-state index contributed by atoms with van der Waals surface area (Å²) in [4.78, 5) is 13.1. The van der Waals surface area contributed by atoms with Crippen LogP contribution in [0, 0.1) is 6.92 Å². The maximum Gasteiger partial charge on any atom is 0.0907 e. The number of allylic oxidation sites excluding steroid dienone is 2. The van der Waals surface area contributed by atoms with E-state index in [4.69, 9.17) is 5.73 Å². The highest BCUT2D eigenvalue weighted by Gasteiger charge is 2.02. The van der Waals surface area contributed by atoms with Gasteiger partial charge >= 0.3 is 0 Å². The number of hydrogen-bond acceptors (Lipinski definition) is 4. The van der Waals surface area contributed by atoms with E-state index in [1.54, 1.807) is 18.6 Å². The molecule has 0 radical (unpaired) electrons. The predicted octanol–water partition coefficient (Wildman–Crippen LogP) is 3.41. The van der Waals surface area contributed by atoms with Gasteiger partial charge in [-0.3, -0.25) is 15.0 Å². The average molecular weight is 266 g/mol. The van der Waals surface area contributed by atoms with Crippen molar-refractivity contribution in [3.8, 4) is 11.4 Å². The fourth-order valence-electron chi connectivity index (χ4n) is 1.59. The standard InChI is InChI=1S/C16H18N4/c1-11-4-6-18-15(8-11)16-9-14(5-7-19-16)20-10-12(2)13(3)17/h4-10H,17H2,1-3H3. The van der Waals surface area contributed by atoms with E-state index < -0.39 is 0 Å². The molecule has 2 aromatic heterocycles. The molecule has 0 aliphatic heterocycles. The van der Waals surface area contributed by atoms with Gasteiger partial charge in [-0.2, -0.15) is 0 Å². The van der Waals surface area contributed by atoms with Crippen LogP contribution in [-0.4, -0.2) is 16.2 Å². The van der Waals surface area contributed by atoms with Crippen LogP contribution in [0.2, 0.25) is 0 Å². The van der Waals surface area contributed by atoms with Crippen LogP contribution in [0.3, 0.4) is 0 Å². The second kappa shape index (κ2) is 6.10. The lowest BCUT2D eigenvalue weighted by Crippen LogP contribution is -1.95. The van der Waals surface area contributed by atoms with E-state index in [9.17, 15) is 0 Å². The van der Waals surface area contributed by atoms with Crippen molar-refractivity contribution in [2.75, 3.05) is 0 Å². The Labute approximate surface area is 119 Å². The lowest BCUT2D eigenvalue weighted by atomic mass is 10.2. The number of aromatic nitrogens is 2. The first-order valence-corrected chi connectivity index (χ1v) is 6.42. The minimum Gasteiger partial charge on any atom is -0.402 e. The van der Waals surface area contributed by atoms with Crippen LogP contribution in [0.15, 0.2) is 52.9 Å². The van der Waals surface area contributed by atoms with Crippen LogP contribution in [0.25, 0.3) is 11.4 Å². The fourth-order valence-corrected chi connectivity index (χ4v) is 1.59. The minimum absolute atomic E-state index is 0.767. The number of aliphatic imine (C=N–C) groups is 1. The molecule has 0 aromatic carbocycles. The van der Waals surface area contributed by atoms with Crippen LogP contribution in [-0.2, 0) is 0 Å². The lowest BCUT2D eigenvalue weighted by molar-refractivity contribution is 1.22. The van der Waals surface area contributed by atoms with Crippen LogP contribution in [0.1, 0.15) is 19.4 Å². The number of pyridine rings is 2. The van der Waals surface area contributed by atoms with E-state index in [2.05, 4.69) is 15.0 Å². The summed E-state index contributed by atoms with van der Waals surface area (Å²) in [6.07, 6.45) is 5.28. The summed E-state index contributed by atoms with van der Waals surface area (Å²) < 4.78 is 0. The van der Waals surface area contributed by atoms with Gasteiger partial charge in [0.1, 0.15) is 0 Å². The average Bonchev–Trinajstić information content (AvgIpc) is 2.45. The Morgan fingerprint density at radius 3 is 2.40 bits per heavy atom. The molecule has 0 saturated heterocycles. The van der Waals surface area contributed by atoms with Gasteiger partial charge in [-0.25, -0.2) is 0 Å². The summed E-state index contributed by atoms with van der Waals surface area (Å²) in [7, 11) is 0. The molecule has 0 unspecified atom stereocenters. The maximum atomic E-state index is 5.70. The molecule has 0 amide bonds. The van der Waals surface area contributed by atoms with Crippen molar-refractivity contribution in [3.05, 3.63) is 53.5 Å². The van der Waals surface area contributed by atoms with Crippen molar-refractivity contribution in [3.63, 3.8) is 0 Å². The molecule has 4 heteroatoms. The van der Waals surface area contributed by atoms with Gasteiger partial charge in [0.15, 0.2) is 0 Å². The van der Waals surface area contributed by atoms with Gasteiger partial charge in [-0.1, -0.05) is 0 Å². The van der Waals surface area contributed by atoms with Crippen LogP contribution < -0.4 is 5.73 Å². The van der Waals surface area contributed by atoms with Gasteiger partial charge in [0.25, 0.3) is 0 Å². The molecular formula is C16H18N4. The first kappa shape index (κ1) is 13.9. The predicted molar refractivity (Wildman–Crippen MR) is 82.9 cm³/mol. The summed E-state index contributed by atoms with van der Waals surface area (Å²) in [6.45, 7) is 5.82. The summed E-state index contributed by atoms with van der Waals surface area (Å²) in [5, 5.41) is 0. The van der Waals surface area contributed by atoms with Gasteiger partial charge in [0, 0.05) is 24.3 Å². The Kier molecular flexibility index (Phi) is 4.25. The fraction of sp³-hybridized carbons (Fsp3) is 0.188. The molecule has 0 fully saturated rings. The number of nitrogens with zero attached hydrogens (tertiary/aromatic N) is 3. The topological polar surface area (TPSA) is 64.2 Å². The van der Waals surface area contributed by atoms with E-state index in [-0.39, 0.29) is 0 Å². The lowest BCUT2D eigenvalue weighted by Gasteiger charge is -2.02. The van der Waals surface area contributed by atoms with Gasteiger partial charge in [0.2, 0.25) is 0 Å². The Morgan fingerprint density at radius 2 is 1.75 bits per heavy atom. The van der Waals surface area contributed by atoms with Crippen molar-refractivity contribution in [2.24, 2.45) is 10.7 Å². The molecule has 0 aliphatic rings. The number of rotatable bonds is 3. The smallest absolute Gasteiger partial charge is 0.0907 e. The first-order chi connectivity index (χ1) is 9.56. The number of hydrogen-bond donors (Lipinski definition) is 1. The highest BCUT2D eigenvalue weighted by atomic mass is 14.8. The third-order valence-corrected chi connectivity index (χ3v) is 2.95. The van der Waals surface area contributed by atoms with Crippen molar-refractivity contribution < 1.29 is 0 Å². The molecule has 2 heterocycles. The highest BCUT2D eigenvalue weighted by Crippen LogP contribution is 2.20. The number of nitrogens with two attached hydrogens (primary N) is 1. The third-order valence-electron chi connectivity index (χ3n) is 2.95. The summed E-state index contributed by atoms with van der Waals surface area (Å²) in [6, 6.07) is 7.74. The largest absolute Gasteiger partial charge is 0.402 e. The molecule has 20 heavy (non-hydrogen) atoms. The normalized spacial score (nSPS) is 12.6. The highest BCUT2D eigenvalue weighted by molar-refractivity contribution is 5.81. The summed E-state index contributed by atoms with van der Waals surface area (Å²) in [5.74, 6) is 0. The van der Waals surface area contributed by atoms with Crippen LogP contribution in [0.4, 0.5) is 5.69 Å². The summed E-state index contributed by atoms with van der Waals surface area (Å²) in [5.41, 5.74) is 11.1. The quantitative estimate of drug-likeness (QED) is 0.866. The minimum atomic E-state index is 0.767. The van der Waals surface area contributed by atoms with Crippen LogP contribution >= 0.6 is 0 Å². The van der Waals surface area contributed by atoms with Crippen molar-refractivity contribution in [1.82, 2.24) is 9.97 Å². The Balaban J connectivity index is 2.31. The van der Waals surface area contributed by atoms with E-state index in [1.165, 1.54) is 0 Å². The van der Waals surface area contributed by atoms with E-state index in [0.29, 0.717) is 0 Å². The third kappa shape index (κ3) is 3.51. The van der Waals surface area contributed by atoms with Crippen molar-refractivity contribution >= 4 is 11.9 Å². The molecular weight excluding hydrogens is 248 g/mol. The van der Waals surface area contributed by atoms with Gasteiger partial charge < -0.3 is 5.73 Å². The molecule has 0 aliphatic carbocycles. The Bertz CT molecular complexity index is 668. The Hall–Kier alpha value is -2.49. The second-order valence-corrected chi connectivity index (χ2v) is 4.74. The number of aryl methyl sites for hydroxylation is 1. The molecule has 4 nitrogen and oxygen atoms in total. The van der Waals surface area contributed by atoms with Crippen LogP contribution in [0.5, 0.6) is 0 Å². The first-order valence-electron chi connectivity index (χ1n) is 6.42. The molecule has 2 aromatic rings. The van der Waals surface area contributed by atoms with E-state index >= 15 is 0 Å². The monoisotopic (exact) mass is 266 g/mol. The molecule has 0 atom stereocenters. The van der Waals surface area contributed by atoms with Crippen molar-refractivity contribution in [1.29, 1.82) is 0 Å². The molecule has 0 saturated carbocycles. The zero-order valence-electron chi connectivity index (χ0n) is 12.0. The van der Waals surface area contributed by atoms with Crippen molar-refractivity contribution in [2.45, 2.75) is 20.8 Å². The zero-order chi connectivity index (χ0) is 14.5. The van der Waals surface area contributed by atoms with Gasteiger partial charge in [-0.15, -0.1) is 0 Å². The SMILES string of the molecule is CC(N)=C(C)C=Nc1ccnc(-c2cc(C)ccn2)c1. The maximum absolute atomic E-state index is 5.70. The zero-order valence-corrected chi connectivity index (χ0v) is 12.0. The Morgan fingerprint density at radius 1 is 1.10 bits per heavy atom. The van der Waals surface area contributed by atoms with Gasteiger partial charge in [0.05, 0.1) is 17.1 Å². The van der Waals surface area contributed by atoms with E-state index in [0.717, 1.165) is 33.9 Å². The molecule has 2 N–H and O–H groups in total. The van der Waals surface area contributed by atoms with Gasteiger partial charge in [-0.05, 0) is 56.2 Å². The molecule has 102 valence electrons.